The monoisotopic (exact) mass is 563 g/mol. The van der Waals surface area contributed by atoms with Crippen LogP contribution in [0.25, 0.3) is 0 Å². The minimum atomic E-state index is 0. The Morgan fingerprint density at radius 3 is 0.833 bits per heavy atom. The zero-order chi connectivity index (χ0) is 0. The maximum absolute atomic E-state index is 0. The smallest absolute Gasteiger partial charge is 0 e. The van der Waals surface area contributed by atoms with E-state index in [0.29, 0.717) is 0 Å². The van der Waals surface area contributed by atoms with Crippen LogP contribution in [0.3, 0.4) is 0 Å². The summed E-state index contributed by atoms with van der Waals surface area (Å²) in [5.74, 6) is 0. The van der Waals surface area contributed by atoms with Gasteiger partial charge in [0.15, 0.2) is 0 Å². The minimum absolute atomic E-state index is 0. The van der Waals surface area contributed by atoms with E-state index in [2.05, 4.69) is 0 Å². The summed E-state index contributed by atoms with van der Waals surface area (Å²) in [6, 6.07) is 0. The molecule has 0 aliphatic carbocycles. The van der Waals surface area contributed by atoms with Gasteiger partial charge >= 0.3 is 0 Å². The molecule has 6 heavy (non-hydrogen) atoms. The van der Waals surface area contributed by atoms with Crippen LogP contribution in [0.2, 0.25) is 0 Å². The van der Waals surface area contributed by atoms with Crippen LogP contribution in [0.15, 0.2) is 0 Å². The van der Waals surface area contributed by atoms with Crippen LogP contribution in [0.5, 0.6) is 0 Å². The standard InChI is InChI=1S/B.2Co.Cr.Pt.Re. The summed E-state index contributed by atoms with van der Waals surface area (Å²) < 4.78 is 0. The van der Waals surface area contributed by atoms with Crippen molar-refractivity contribution in [1.82, 2.24) is 0 Å². The van der Waals surface area contributed by atoms with Crippen LogP contribution >= 0.6 is 0 Å². The molecule has 0 rings (SSSR count). The fourth-order valence-corrected chi connectivity index (χ4v) is 0. The van der Waals surface area contributed by atoms with Crippen LogP contribution < -0.4 is 0 Å². The molecule has 0 atom stereocenters. The predicted molar refractivity (Wildman–Crippen MR) is 5.75 cm³/mol. The Labute approximate surface area is 99.4 Å². The zero-order valence-electron chi connectivity index (χ0n) is 2.35. The van der Waals surface area contributed by atoms with Crippen molar-refractivity contribution in [3.8, 4) is 0 Å². The van der Waals surface area contributed by atoms with Gasteiger partial charge in [0.05, 0.1) is 0 Å². The van der Waals surface area contributed by atoms with E-state index in [4.69, 9.17) is 0 Å². The molecular formula is BCo2CrPtRe. The third-order valence-corrected chi connectivity index (χ3v) is 0. The number of rotatable bonds is 0. The summed E-state index contributed by atoms with van der Waals surface area (Å²) in [5.41, 5.74) is 0. The van der Waals surface area contributed by atoms with E-state index in [1.165, 1.54) is 0 Å². The third-order valence-electron chi connectivity index (χ3n) is 0. The molecule has 0 aromatic carbocycles. The Morgan fingerprint density at radius 2 is 0.833 bits per heavy atom. The van der Waals surface area contributed by atoms with Crippen LogP contribution in [0.1, 0.15) is 0 Å². The Balaban J connectivity index is 0. The van der Waals surface area contributed by atoms with Gasteiger partial charge in [0, 0.05) is 101 Å². The fourth-order valence-electron chi connectivity index (χ4n) is 0. The first-order valence-corrected chi connectivity index (χ1v) is 0. The summed E-state index contributed by atoms with van der Waals surface area (Å²) in [6.45, 7) is 0. The van der Waals surface area contributed by atoms with Crippen molar-refractivity contribution in [2.45, 2.75) is 0 Å². The van der Waals surface area contributed by atoms with Crippen molar-refractivity contribution in [3.05, 3.63) is 0 Å². The topological polar surface area (TPSA) is 0 Å². The Kier molecular flexibility index (Phi) is 475. The first kappa shape index (κ1) is 64.8. The van der Waals surface area contributed by atoms with Gasteiger partial charge in [0.25, 0.3) is 0 Å². The van der Waals surface area contributed by atoms with Gasteiger partial charge in [-0.1, -0.05) is 0 Å². The molecule has 0 aromatic rings. The zero-order valence-corrected chi connectivity index (χ0v) is 10.7. The average molecular weight is 562 g/mol. The second-order valence-electron chi connectivity index (χ2n) is 0. The third kappa shape index (κ3) is 28.2. The Morgan fingerprint density at radius 1 is 0.833 bits per heavy atom. The van der Waals surface area contributed by atoms with Crippen LogP contribution in [-0.4, -0.2) is 8.41 Å². The minimum Gasteiger partial charge on any atom is 0 e. The molecule has 6 heteroatoms. The van der Waals surface area contributed by atoms with Crippen molar-refractivity contribution in [2.75, 3.05) is 0 Å². The van der Waals surface area contributed by atoms with E-state index in [1.807, 2.05) is 0 Å². The Hall–Kier alpha value is 2.96. The van der Waals surface area contributed by atoms with Crippen LogP contribution in [0.4, 0.5) is 0 Å². The van der Waals surface area contributed by atoms with Crippen LogP contribution in [-0.2, 0) is 92.4 Å². The van der Waals surface area contributed by atoms with Crippen molar-refractivity contribution in [1.29, 1.82) is 0 Å². The molecule has 0 aliphatic heterocycles. The normalized spacial score (nSPS) is 0. The van der Waals surface area contributed by atoms with E-state index in [9.17, 15) is 0 Å². The summed E-state index contributed by atoms with van der Waals surface area (Å²) >= 11 is 0. The molecule has 0 aromatic heterocycles. The van der Waals surface area contributed by atoms with Crippen LogP contribution in [0, 0.1) is 0 Å². The van der Waals surface area contributed by atoms with Crippen molar-refractivity contribution < 1.29 is 92.4 Å². The van der Waals surface area contributed by atoms with E-state index >= 15 is 0 Å². The second kappa shape index (κ2) is 44.0. The molecule has 0 saturated heterocycles. The van der Waals surface area contributed by atoms with Gasteiger partial charge in [-0.15, -0.1) is 0 Å². The fraction of sp³-hybridized carbons (Fsp3) is 0. The molecule has 0 nitrogen and oxygen atoms in total. The SMILES string of the molecule is [B].[Co].[Co].[Cr].[Pt].[Re]. The molecule has 6 radical (unpaired) electrons. The van der Waals surface area contributed by atoms with Gasteiger partial charge in [0.2, 0.25) is 0 Å². The molecule has 0 bridgehead atoms. The molecule has 44 valence electrons. The number of hydrogen-bond acceptors (Lipinski definition) is 0. The largest absolute Gasteiger partial charge is 0 e. The summed E-state index contributed by atoms with van der Waals surface area (Å²) in [6.07, 6.45) is 0. The van der Waals surface area contributed by atoms with Gasteiger partial charge in [-0.2, -0.15) is 0 Å². The molecule has 0 amide bonds. The van der Waals surface area contributed by atoms with Gasteiger partial charge in [0.1, 0.15) is 0 Å². The molecular weight excluding hydrogens is 562 g/mol. The van der Waals surface area contributed by atoms with Crippen molar-refractivity contribution in [3.63, 3.8) is 0 Å². The van der Waals surface area contributed by atoms with Gasteiger partial charge < -0.3 is 0 Å². The van der Waals surface area contributed by atoms with Gasteiger partial charge in [-0.25, -0.2) is 0 Å². The van der Waals surface area contributed by atoms with Crippen molar-refractivity contribution in [2.24, 2.45) is 0 Å². The Bertz CT molecular complexity index is 13.5. The van der Waals surface area contributed by atoms with E-state index in [0.717, 1.165) is 0 Å². The maximum Gasteiger partial charge on any atom is 0 e. The first-order chi connectivity index (χ1) is 0. The first-order valence-electron chi connectivity index (χ1n) is 0. The van der Waals surface area contributed by atoms with E-state index < -0.39 is 0 Å². The quantitative estimate of drug-likeness (QED) is 0.354. The molecule has 0 saturated carbocycles. The molecule has 0 aliphatic rings. The molecule has 0 N–H and O–H groups in total. The number of hydrogen-bond donors (Lipinski definition) is 0. The molecule has 0 unspecified atom stereocenters. The second-order valence-corrected chi connectivity index (χ2v) is 0. The molecule has 0 fully saturated rings. The van der Waals surface area contributed by atoms with E-state index in [1.54, 1.807) is 0 Å². The summed E-state index contributed by atoms with van der Waals surface area (Å²) in [4.78, 5) is 0. The predicted octanol–water partition coefficient (Wildman–Crippen LogP) is -0.393. The van der Waals surface area contributed by atoms with E-state index in [-0.39, 0.29) is 101 Å². The van der Waals surface area contributed by atoms with Gasteiger partial charge in [-0.05, 0) is 0 Å². The average Bonchev–Trinajstić information content (AvgIpc) is 0. The molecule has 0 heterocycles. The van der Waals surface area contributed by atoms with Crippen molar-refractivity contribution >= 4 is 8.41 Å². The molecule has 0 spiro atoms. The maximum atomic E-state index is 0. The van der Waals surface area contributed by atoms with Gasteiger partial charge in [-0.3, -0.25) is 0 Å². The summed E-state index contributed by atoms with van der Waals surface area (Å²) in [5, 5.41) is 0. The summed E-state index contributed by atoms with van der Waals surface area (Å²) in [7, 11) is 0.